The standard InChI is InChI=1S/C14H20ClNO2/c1-17-11-5-6-14(18-2)12(9-11)13(15)10-16-7-3-4-8-16/h5-6,9,13H,3-4,7-8,10H2,1-2H3. The van der Waals surface area contributed by atoms with E-state index in [1.54, 1.807) is 14.2 Å². The van der Waals surface area contributed by atoms with Gasteiger partial charge in [-0.05, 0) is 44.1 Å². The summed E-state index contributed by atoms with van der Waals surface area (Å²) in [5.41, 5.74) is 1.01. The maximum Gasteiger partial charge on any atom is 0.123 e. The summed E-state index contributed by atoms with van der Waals surface area (Å²) in [5.74, 6) is 1.65. The van der Waals surface area contributed by atoms with E-state index in [1.807, 2.05) is 18.2 Å². The maximum absolute atomic E-state index is 6.52. The monoisotopic (exact) mass is 269 g/mol. The van der Waals surface area contributed by atoms with Crippen molar-refractivity contribution < 1.29 is 9.47 Å². The molecule has 0 radical (unpaired) electrons. The van der Waals surface area contributed by atoms with Gasteiger partial charge in [0.2, 0.25) is 0 Å². The van der Waals surface area contributed by atoms with Crippen LogP contribution in [-0.2, 0) is 0 Å². The van der Waals surface area contributed by atoms with Gasteiger partial charge in [-0.3, -0.25) is 0 Å². The minimum Gasteiger partial charge on any atom is -0.497 e. The van der Waals surface area contributed by atoms with Gasteiger partial charge >= 0.3 is 0 Å². The molecule has 1 unspecified atom stereocenters. The highest BCUT2D eigenvalue weighted by Gasteiger charge is 2.20. The Kier molecular flexibility index (Phi) is 4.72. The molecule has 0 bridgehead atoms. The molecule has 1 atom stereocenters. The van der Waals surface area contributed by atoms with Crippen LogP contribution in [0.4, 0.5) is 0 Å². The van der Waals surface area contributed by atoms with Crippen LogP contribution < -0.4 is 9.47 Å². The number of hydrogen-bond acceptors (Lipinski definition) is 3. The molecule has 0 N–H and O–H groups in total. The van der Waals surface area contributed by atoms with Gasteiger partial charge < -0.3 is 14.4 Å². The predicted molar refractivity (Wildman–Crippen MR) is 73.8 cm³/mol. The summed E-state index contributed by atoms with van der Waals surface area (Å²) in [7, 11) is 3.33. The van der Waals surface area contributed by atoms with E-state index in [-0.39, 0.29) is 5.38 Å². The lowest BCUT2D eigenvalue weighted by Gasteiger charge is -2.21. The number of halogens is 1. The van der Waals surface area contributed by atoms with E-state index in [4.69, 9.17) is 21.1 Å². The first kappa shape index (κ1) is 13.5. The fourth-order valence-corrected chi connectivity index (χ4v) is 2.74. The zero-order valence-corrected chi connectivity index (χ0v) is 11.7. The van der Waals surface area contributed by atoms with Gasteiger partial charge in [-0.1, -0.05) is 0 Å². The molecule has 1 heterocycles. The van der Waals surface area contributed by atoms with Crippen molar-refractivity contribution in [1.82, 2.24) is 4.90 Å². The summed E-state index contributed by atoms with van der Waals surface area (Å²) in [6, 6.07) is 5.77. The zero-order chi connectivity index (χ0) is 13.0. The van der Waals surface area contributed by atoms with Crippen LogP contribution in [0.1, 0.15) is 23.8 Å². The summed E-state index contributed by atoms with van der Waals surface area (Å²) < 4.78 is 10.6. The van der Waals surface area contributed by atoms with Crippen LogP contribution in [0, 0.1) is 0 Å². The molecule has 1 aromatic carbocycles. The van der Waals surface area contributed by atoms with E-state index < -0.39 is 0 Å². The summed E-state index contributed by atoms with van der Waals surface area (Å²) in [6.45, 7) is 3.16. The molecular formula is C14H20ClNO2. The van der Waals surface area contributed by atoms with Crippen molar-refractivity contribution in [2.45, 2.75) is 18.2 Å². The van der Waals surface area contributed by atoms with Crippen molar-refractivity contribution in [3.05, 3.63) is 23.8 Å². The highest BCUT2D eigenvalue weighted by molar-refractivity contribution is 6.21. The van der Waals surface area contributed by atoms with Crippen LogP contribution in [0.2, 0.25) is 0 Å². The summed E-state index contributed by atoms with van der Waals surface area (Å²) >= 11 is 6.52. The van der Waals surface area contributed by atoms with Gasteiger partial charge in [0.25, 0.3) is 0 Å². The molecule has 0 amide bonds. The molecule has 4 heteroatoms. The molecule has 0 aliphatic carbocycles. The van der Waals surface area contributed by atoms with E-state index in [1.165, 1.54) is 12.8 Å². The number of likely N-dealkylation sites (tertiary alicyclic amines) is 1. The highest BCUT2D eigenvalue weighted by atomic mass is 35.5. The Bertz CT molecular complexity index is 391. The van der Waals surface area contributed by atoms with Gasteiger partial charge in [0.15, 0.2) is 0 Å². The minimum absolute atomic E-state index is 0.0619. The lowest BCUT2D eigenvalue weighted by molar-refractivity contribution is 0.334. The van der Waals surface area contributed by atoms with Crippen molar-refractivity contribution in [3.8, 4) is 11.5 Å². The van der Waals surface area contributed by atoms with Crippen LogP contribution in [-0.4, -0.2) is 38.8 Å². The third-order valence-corrected chi connectivity index (χ3v) is 3.76. The summed E-state index contributed by atoms with van der Waals surface area (Å²) in [4.78, 5) is 2.40. The largest absolute Gasteiger partial charge is 0.497 e. The molecule has 1 aromatic rings. The molecule has 1 aliphatic heterocycles. The third-order valence-electron chi connectivity index (χ3n) is 3.39. The Morgan fingerprint density at radius 3 is 2.56 bits per heavy atom. The van der Waals surface area contributed by atoms with Gasteiger partial charge in [0.05, 0.1) is 19.6 Å². The Hall–Kier alpha value is -0.930. The third kappa shape index (κ3) is 3.09. The quantitative estimate of drug-likeness (QED) is 0.767. The molecular weight excluding hydrogens is 250 g/mol. The SMILES string of the molecule is COc1ccc(OC)c(C(Cl)CN2CCCC2)c1. The number of rotatable bonds is 5. The average molecular weight is 270 g/mol. The van der Waals surface area contributed by atoms with Crippen LogP contribution in [0.5, 0.6) is 11.5 Å². The smallest absolute Gasteiger partial charge is 0.123 e. The zero-order valence-electron chi connectivity index (χ0n) is 11.0. The lowest BCUT2D eigenvalue weighted by Crippen LogP contribution is -2.23. The summed E-state index contributed by atoms with van der Waals surface area (Å²) in [5, 5.41) is -0.0619. The van der Waals surface area contributed by atoms with Gasteiger partial charge in [0.1, 0.15) is 11.5 Å². The first-order valence-electron chi connectivity index (χ1n) is 6.33. The van der Waals surface area contributed by atoms with Crippen LogP contribution in [0.15, 0.2) is 18.2 Å². The first-order valence-corrected chi connectivity index (χ1v) is 6.76. The average Bonchev–Trinajstić information content (AvgIpc) is 2.90. The molecule has 100 valence electrons. The number of ether oxygens (including phenoxy) is 2. The molecule has 1 aliphatic rings. The highest BCUT2D eigenvalue weighted by Crippen LogP contribution is 2.33. The molecule has 18 heavy (non-hydrogen) atoms. The fraction of sp³-hybridized carbons (Fsp3) is 0.571. The van der Waals surface area contributed by atoms with Crippen molar-refractivity contribution >= 4 is 11.6 Å². The molecule has 0 aromatic heterocycles. The Balaban J connectivity index is 2.13. The normalized spacial score (nSPS) is 17.7. The molecule has 3 nitrogen and oxygen atoms in total. The molecule has 1 saturated heterocycles. The number of hydrogen-bond donors (Lipinski definition) is 0. The Labute approximate surface area is 114 Å². The maximum atomic E-state index is 6.52. The van der Waals surface area contributed by atoms with Crippen LogP contribution in [0.3, 0.4) is 0 Å². The first-order chi connectivity index (χ1) is 8.74. The van der Waals surface area contributed by atoms with Gasteiger partial charge in [-0.25, -0.2) is 0 Å². The van der Waals surface area contributed by atoms with Crippen molar-refractivity contribution in [1.29, 1.82) is 0 Å². The molecule has 0 spiro atoms. The Morgan fingerprint density at radius 2 is 1.94 bits per heavy atom. The lowest BCUT2D eigenvalue weighted by atomic mass is 10.1. The topological polar surface area (TPSA) is 21.7 Å². The van der Waals surface area contributed by atoms with E-state index in [0.29, 0.717) is 0 Å². The minimum atomic E-state index is -0.0619. The van der Waals surface area contributed by atoms with Crippen LogP contribution in [0.25, 0.3) is 0 Å². The second-order valence-electron chi connectivity index (χ2n) is 4.58. The summed E-state index contributed by atoms with van der Waals surface area (Å²) in [6.07, 6.45) is 2.55. The van der Waals surface area contributed by atoms with Gasteiger partial charge in [-0.15, -0.1) is 11.6 Å². The van der Waals surface area contributed by atoms with E-state index in [9.17, 15) is 0 Å². The molecule has 0 saturated carbocycles. The van der Waals surface area contributed by atoms with Gasteiger partial charge in [0, 0.05) is 12.1 Å². The van der Waals surface area contributed by atoms with Crippen molar-refractivity contribution in [2.75, 3.05) is 33.9 Å². The van der Waals surface area contributed by atoms with E-state index in [0.717, 1.165) is 36.7 Å². The van der Waals surface area contributed by atoms with E-state index in [2.05, 4.69) is 4.90 Å². The second kappa shape index (κ2) is 6.30. The number of nitrogens with zero attached hydrogens (tertiary/aromatic N) is 1. The second-order valence-corrected chi connectivity index (χ2v) is 5.11. The fourth-order valence-electron chi connectivity index (χ4n) is 2.37. The van der Waals surface area contributed by atoms with Crippen LogP contribution >= 0.6 is 11.6 Å². The Morgan fingerprint density at radius 1 is 1.22 bits per heavy atom. The number of methoxy groups -OCH3 is 2. The van der Waals surface area contributed by atoms with Crippen molar-refractivity contribution in [3.63, 3.8) is 0 Å². The predicted octanol–water partition coefficient (Wildman–Crippen LogP) is 3.08. The van der Waals surface area contributed by atoms with Crippen molar-refractivity contribution in [2.24, 2.45) is 0 Å². The van der Waals surface area contributed by atoms with E-state index >= 15 is 0 Å². The van der Waals surface area contributed by atoms with Gasteiger partial charge in [-0.2, -0.15) is 0 Å². The number of alkyl halides is 1. The number of benzene rings is 1. The molecule has 1 fully saturated rings. The molecule has 2 rings (SSSR count).